The Morgan fingerprint density at radius 1 is 0.454 bits per heavy atom. The van der Waals surface area contributed by atoms with E-state index in [2.05, 4.69) is 68.8 Å². The number of carbonyl (C=O) groups excluding carboxylic acids is 14. The number of carbonyl (C=O) groups is 14. The first-order chi connectivity index (χ1) is 56.8. The van der Waals surface area contributed by atoms with Crippen molar-refractivity contribution in [2.45, 2.75) is 159 Å². The second-order valence-corrected chi connectivity index (χ2v) is 31.6. The van der Waals surface area contributed by atoms with E-state index in [-0.39, 0.29) is 80.5 Å². The van der Waals surface area contributed by atoms with Crippen LogP contribution in [0.5, 0.6) is 11.5 Å². The summed E-state index contributed by atoms with van der Waals surface area (Å²) in [4.78, 5) is 209. The quantitative estimate of drug-likeness (QED) is 0.0481. The van der Waals surface area contributed by atoms with Crippen molar-refractivity contribution < 1.29 is 82.4 Å². The number of aromatic amines is 1. The minimum absolute atomic E-state index is 0.0219. The minimum atomic E-state index is -1.78. The second-order valence-electron chi connectivity index (χ2n) is 30.6. The molecular formula is C86H107N15O17S. The van der Waals surface area contributed by atoms with Gasteiger partial charge in [0.1, 0.15) is 78.0 Å². The number of aliphatic hydroxyl groups excluding tert-OH is 1. The summed E-state index contributed by atoms with van der Waals surface area (Å²) in [6, 6.07) is 27.5. The van der Waals surface area contributed by atoms with Gasteiger partial charge in [-0.05, 0) is 94.3 Å². The number of phenolic OH excluding ortho intramolecular Hbond substituents is 2. The van der Waals surface area contributed by atoms with Gasteiger partial charge in [-0.2, -0.15) is 0 Å². The van der Waals surface area contributed by atoms with Gasteiger partial charge in [-0.3, -0.25) is 67.1 Å². The summed E-state index contributed by atoms with van der Waals surface area (Å²) in [5, 5.41) is 64.0. The lowest BCUT2D eigenvalue weighted by Gasteiger charge is -2.33. The van der Waals surface area contributed by atoms with Crippen LogP contribution in [0.3, 0.4) is 0 Å². The number of aromatic hydroxyl groups is 2. The Hall–Kier alpha value is -12.7. The number of benzene rings is 6. The Morgan fingerprint density at radius 3 is 1.37 bits per heavy atom. The number of rotatable bonds is 21. The Bertz CT molecular complexity index is 4650. The van der Waals surface area contributed by atoms with Crippen molar-refractivity contribution in [1.82, 2.24) is 73.7 Å². The van der Waals surface area contributed by atoms with Gasteiger partial charge >= 0.3 is 0 Å². The minimum Gasteiger partial charge on any atom is -0.508 e. The van der Waals surface area contributed by atoms with Crippen LogP contribution >= 0.6 is 11.8 Å². The molecular weight excluding hydrogens is 1550 g/mol. The Morgan fingerprint density at radius 2 is 0.866 bits per heavy atom. The molecule has 32 nitrogen and oxygen atoms in total. The van der Waals surface area contributed by atoms with Crippen LogP contribution in [0.15, 0.2) is 170 Å². The Labute approximate surface area is 694 Å². The molecule has 1 aromatic heterocycles. The molecule has 1 fully saturated rings. The molecule has 0 bridgehead atoms. The number of phenols is 2. The maximum absolute atomic E-state index is 15.6. The number of H-pyrrole nitrogens is 1. The fraction of sp³-hybridized carbons (Fsp3) is 0.395. The third-order valence-electron chi connectivity index (χ3n) is 19.7. The summed E-state index contributed by atoms with van der Waals surface area (Å²) in [7, 11) is 1.32. The third-order valence-corrected chi connectivity index (χ3v) is 20.8. The molecule has 18 N–H and O–H groups in total. The van der Waals surface area contributed by atoms with E-state index in [0.717, 1.165) is 16.7 Å². The monoisotopic (exact) mass is 1650 g/mol. The molecule has 0 radical (unpaired) electrons. The summed E-state index contributed by atoms with van der Waals surface area (Å²) in [6.45, 7) is 7.75. The molecule has 1 saturated heterocycles. The number of thioether (sulfide) groups is 1. The molecule has 1 aliphatic rings. The summed E-state index contributed by atoms with van der Waals surface area (Å²) >= 11 is 0.834. The lowest BCUT2D eigenvalue weighted by atomic mass is 9.98. The smallest absolute Gasteiger partial charge is 0.245 e. The molecule has 6 aromatic carbocycles. The largest absolute Gasteiger partial charge is 0.508 e. The second kappa shape index (κ2) is 45.2. The van der Waals surface area contributed by atoms with E-state index in [1.807, 2.05) is 0 Å². The fourth-order valence-electron chi connectivity index (χ4n) is 13.4. The van der Waals surface area contributed by atoms with Crippen LogP contribution in [0.2, 0.25) is 0 Å². The standard InChI is InChI=1S/C86H107N15O17S/c1-49(2)35-62-78(110)99-70(77(109)89-44-72(87)105)47-119-48-74(107)92-64(37-52-19-11-8-12-20-52)79(111)94-65(39-55-27-31-58(103)32-28-55)80(112)93-63(36-50(3)4)83(115)100-75(51(5)6)85(117)96-66(38-53-21-13-9-14-22-53)81(113)98-69(46-102)76(108)90-45-73(106)91-67(42-57-43-88-61-26-18-17-25-60(57)61)82(114)97-68(40-56-29-33-59(104)34-30-56)86(118)101(7)71(84(116)95-62)41-54-23-15-10-16-24-54/h8-34,43,49-51,62-71,75,88,102-104H,35-42,44-48H2,1-7H3,(H2,87,105)(H,89,109)(H,90,108)(H,91,106)(H,92,107)(H,93,112)(H,94,111)(H,95,116)(H,96,117)(H,97,114)(H,98,113)(H,99,110)(H,100,115)/t62-,63-,64-,65-,66-,67-,68-,69-,70-,71-,75-/m0/s1. The SMILES string of the molecule is CC(C)C[C@@H]1NC(=O)[C@H](Cc2ccc(O)cc2)NC(=O)[C@H](Cc2ccccc2)NC(=O)CSC[C@@H](C(=O)NCC(N)=O)NC(=O)[C@H](CC(C)C)NC(=O)[C@H](Cc2ccccc2)N(C)C(=O)[C@H](Cc2ccc(O)cc2)NC(=O)[C@H](Cc2c[nH]c3ccccc23)NC(=O)CNC(=O)[C@H](CO)NC(=O)[C@H](Cc2ccccc2)NC(=O)[C@H](C(C)C)NC1=O. The highest BCUT2D eigenvalue weighted by molar-refractivity contribution is 8.00. The predicted octanol–water partition coefficient (Wildman–Crippen LogP) is 1.22. The summed E-state index contributed by atoms with van der Waals surface area (Å²) in [5.41, 5.74) is 9.15. The number of nitrogens with zero attached hydrogens (tertiary/aromatic N) is 1. The van der Waals surface area contributed by atoms with E-state index in [4.69, 9.17) is 5.73 Å². The van der Waals surface area contributed by atoms with Crippen molar-refractivity contribution in [2.24, 2.45) is 23.5 Å². The van der Waals surface area contributed by atoms with Crippen molar-refractivity contribution in [3.8, 4) is 11.5 Å². The lowest BCUT2D eigenvalue weighted by Crippen LogP contribution is -2.61. The highest BCUT2D eigenvalue weighted by atomic mass is 32.2. The average molecular weight is 1650 g/mol. The molecule has 0 spiro atoms. The summed E-state index contributed by atoms with van der Waals surface area (Å²) in [6.07, 6.45) is 0.276. The highest BCUT2D eigenvalue weighted by Crippen LogP contribution is 2.23. The molecule has 8 rings (SSSR count). The van der Waals surface area contributed by atoms with Crippen LogP contribution in [0, 0.1) is 17.8 Å². The number of likely N-dealkylation sites (N-methyl/N-ethyl adjacent to an activating group) is 1. The van der Waals surface area contributed by atoms with E-state index in [9.17, 15) is 68.1 Å². The molecule has 634 valence electrons. The van der Waals surface area contributed by atoms with Crippen LogP contribution in [-0.2, 0) is 106 Å². The first-order valence-corrected chi connectivity index (χ1v) is 40.5. The number of aliphatic hydroxyl groups is 1. The van der Waals surface area contributed by atoms with Crippen molar-refractivity contribution in [3.63, 3.8) is 0 Å². The zero-order chi connectivity index (χ0) is 86.4. The maximum Gasteiger partial charge on any atom is 0.245 e. The van der Waals surface area contributed by atoms with Crippen molar-refractivity contribution >= 4 is 105 Å². The number of nitrogens with one attached hydrogen (secondary N) is 13. The van der Waals surface area contributed by atoms with Gasteiger partial charge in [-0.25, -0.2) is 0 Å². The number of fused-ring (bicyclic) bond motifs is 1. The molecule has 119 heavy (non-hydrogen) atoms. The van der Waals surface area contributed by atoms with Crippen LogP contribution in [0.4, 0.5) is 0 Å². The van der Waals surface area contributed by atoms with Gasteiger partial charge < -0.3 is 94.7 Å². The molecule has 0 aliphatic carbocycles. The molecule has 0 saturated carbocycles. The summed E-state index contributed by atoms with van der Waals surface area (Å²) in [5.74, 6) is -15.1. The number of nitrogens with two attached hydrogens (primary N) is 1. The summed E-state index contributed by atoms with van der Waals surface area (Å²) < 4.78 is 0. The van der Waals surface area contributed by atoms with Gasteiger partial charge in [0.2, 0.25) is 82.7 Å². The van der Waals surface area contributed by atoms with Gasteiger partial charge in [0.15, 0.2) is 0 Å². The molecule has 33 heteroatoms. The van der Waals surface area contributed by atoms with Crippen LogP contribution in [0.1, 0.15) is 87.8 Å². The first-order valence-electron chi connectivity index (χ1n) is 39.3. The highest BCUT2D eigenvalue weighted by Gasteiger charge is 2.40. The van der Waals surface area contributed by atoms with Crippen molar-refractivity contribution in [3.05, 3.63) is 203 Å². The maximum atomic E-state index is 15.6. The Balaban J connectivity index is 1.19. The number of amides is 14. The van der Waals surface area contributed by atoms with Crippen LogP contribution in [0.25, 0.3) is 10.9 Å². The zero-order valence-electron chi connectivity index (χ0n) is 67.4. The molecule has 2 heterocycles. The third kappa shape index (κ3) is 28.9. The first kappa shape index (κ1) is 91.9. The van der Waals surface area contributed by atoms with Gasteiger partial charge in [-0.1, -0.05) is 175 Å². The van der Waals surface area contributed by atoms with Crippen LogP contribution < -0.4 is 69.5 Å². The molecule has 0 unspecified atom stereocenters. The van der Waals surface area contributed by atoms with Gasteiger partial charge in [-0.15, -0.1) is 11.8 Å². The zero-order valence-corrected chi connectivity index (χ0v) is 68.2. The predicted molar refractivity (Wildman–Crippen MR) is 445 cm³/mol. The topological polar surface area (TPSA) is 489 Å². The molecule has 1 aliphatic heterocycles. The molecule has 7 aromatic rings. The molecule has 14 amide bonds. The van der Waals surface area contributed by atoms with Gasteiger partial charge in [0, 0.05) is 68.4 Å². The lowest BCUT2D eigenvalue weighted by molar-refractivity contribution is -0.143. The number of aromatic nitrogens is 1. The van der Waals surface area contributed by atoms with Gasteiger partial charge in [0.25, 0.3) is 0 Å². The van der Waals surface area contributed by atoms with E-state index in [0.29, 0.717) is 44.3 Å². The van der Waals surface area contributed by atoms with Crippen molar-refractivity contribution in [2.75, 3.05) is 38.2 Å². The normalized spacial score (nSPS) is 22.2. The number of hydrogen-bond donors (Lipinski definition) is 17. The number of hydrogen-bond acceptors (Lipinski definition) is 18. The van der Waals surface area contributed by atoms with Crippen LogP contribution in [-0.4, -0.2) is 213 Å². The van der Waals surface area contributed by atoms with E-state index in [1.54, 1.807) is 163 Å². The van der Waals surface area contributed by atoms with E-state index >= 15 is 14.4 Å². The van der Waals surface area contributed by atoms with Crippen molar-refractivity contribution in [1.29, 1.82) is 0 Å². The molecule has 11 atom stereocenters. The average Bonchev–Trinajstić information content (AvgIpc) is 1.82. The van der Waals surface area contributed by atoms with E-state index < -0.39 is 181 Å². The van der Waals surface area contributed by atoms with Gasteiger partial charge in [0.05, 0.1) is 25.4 Å². The number of para-hydroxylation sites is 1. The van der Waals surface area contributed by atoms with E-state index in [1.165, 1.54) is 55.6 Å². The fourth-order valence-corrected chi connectivity index (χ4v) is 14.3. The Kier molecular flexibility index (Phi) is 34.9. The number of primary amides is 1.